The van der Waals surface area contributed by atoms with E-state index in [1.165, 1.54) is 6.07 Å². The van der Waals surface area contributed by atoms with E-state index in [0.717, 1.165) is 5.56 Å². The van der Waals surface area contributed by atoms with E-state index in [9.17, 15) is 14.3 Å². The van der Waals surface area contributed by atoms with Crippen LogP contribution in [-0.4, -0.2) is 17.6 Å². The fourth-order valence-electron chi connectivity index (χ4n) is 1.94. The van der Waals surface area contributed by atoms with Crippen molar-refractivity contribution in [1.29, 1.82) is 0 Å². The van der Waals surface area contributed by atoms with Crippen LogP contribution >= 0.6 is 0 Å². The molecule has 1 amide bonds. The molecule has 0 heterocycles. The molecule has 0 aliphatic rings. The van der Waals surface area contributed by atoms with Gasteiger partial charge in [-0.15, -0.1) is 0 Å². The lowest BCUT2D eigenvalue weighted by molar-refractivity contribution is -0.120. The summed E-state index contributed by atoms with van der Waals surface area (Å²) in [4.78, 5) is 11.7. The minimum atomic E-state index is -0.365. The number of hydrogen-bond acceptors (Lipinski definition) is 2. The third-order valence-electron chi connectivity index (χ3n) is 2.96. The second-order valence-corrected chi connectivity index (χ2v) is 4.54. The Morgan fingerprint density at radius 2 is 1.95 bits per heavy atom. The molecule has 2 rings (SSSR count). The molecule has 4 heteroatoms. The lowest BCUT2D eigenvalue weighted by atomic mass is 10.1. The highest BCUT2D eigenvalue weighted by Gasteiger charge is 2.07. The van der Waals surface area contributed by atoms with Gasteiger partial charge in [0, 0.05) is 6.54 Å². The topological polar surface area (TPSA) is 49.3 Å². The second-order valence-electron chi connectivity index (χ2n) is 4.54. The number of benzene rings is 2. The van der Waals surface area contributed by atoms with Crippen molar-refractivity contribution >= 4 is 5.91 Å². The minimum Gasteiger partial charge on any atom is -0.508 e. The number of carbonyl (C=O) groups is 1. The van der Waals surface area contributed by atoms with Gasteiger partial charge in [0.15, 0.2) is 0 Å². The number of amides is 1. The van der Waals surface area contributed by atoms with Crippen molar-refractivity contribution in [3.8, 4) is 5.75 Å². The van der Waals surface area contributed by atoms with Gasteiger partial charge in [0.25, 0.3) is 0 Å². The predicted octanol–water partition coefficient (Wildman–Crippen LogP) is 2.43. The first-order valence-corrected chi connectivity index (χ1v) is 6.43. The summed E-state index contributed by atoms with van der Waals surface area (Å²) in [5, 5.41) is 12.1. The molecule has 2 N–H and O–H groups in total. The van der Waals surface area contributed by atoms with E-state index in [1.54, 1.807) is 36.4 Å². The van der Waals surface area contributed by atoms with E-state index in [2.05, 4.69) is 5.32 Å². The Morgan fingerprint density at radius 3 is 2.70 bits per heavy atom. The van der Waals surface area contributed by atoms with Crippen LogP contribution in [0.3, 0.4) is 0 Å². The maximum absolute atomic E-state index is 13.4. The Morgan fingerprint density at radius 1 is 1.15 bits per heavy atom. The lowest BCUT2D eigenvalue weighted by Crippen LogP contribution is -2.27. The van der Waals surface area contributed by atoms with Crippen LogP contribution < -0.4 is 5.32 Å². The maximum Gasteiger partial charge on any atom is 0.224 e. The zero-order chi connectivity index (χ0) is 14.4. The van der Waals surface area contributed by atoms with Crippen molar-refractivity contribution in [2.24, 2.45) is 0 Å². The maximum atomic E-state index is 13.4. The summed E-state index contributed by atoms with van der Waals surface area (Å²) in [6, 6.07) is 13.1. The van der Waals surface area contributed by atoms with Crippen molar-refractivity contribution in [3.63, 3.8) is 0 Å². The van der Waals surface area contributed by atoms with Crippen molar-refractivity contribution in [2.45, 2.75) is 12.8 Å². The smallest absolute Gasteiger partial charge is 0.224 e. The summed E-state index contributed by atoms with van der Waals surface area (Å²) in [5.74, 6) is -0.369. The third-order valence-corrected chi connectivity index (χ3v) is 2.96. The van der Waals surface area contributed by atoms with Gasteiger partial charge in [0.2, 0.25) is 5.91 Å². The van der Waals surface area contributed by atoms with E-state index < -0.39 is 0 Å². The number of halogens is 1. The highest BCUT2D eigenvalue weighted by Crippen LogP contribution is 2.11. The van der Waals surface area contributed by atoms with Gasteiger partial charge < -0.3 is 10.4 Å². The molecule has 0 aliphatic heterocycles. The SMILES string of the molecule is O=C(Cc1ccccc1F)NCCc1cccc(O)c1. The summed E-state index contributed by atoms with van der Waals surface area (Å²) in [5.41, 5.74) is 1.33. The van der Waals surface area contributed by atoms with Gasteiger partial charge in [0.1, 0.15) is 11.6 Å². The van der Waals surface area contributed by atoms with E-state index in [0.29, 0.717) is 18.5 Å². The summed E-state index contributed by atoms with van der Waals surface area (Å²) < 4.78 is 13.4. The largest absolute Gasteiger partial charge is 0.508 e. The van der Waals surface area contributed by atoms with Gasteiger partial charge in [-0.25, -0.2) is 4.39 Å². The second kappa shape index (κ2) is 6.70. The molecule has 0 saturated heterocycles. The summed E-state index contributed by atoms with van der Waals surface area (Å²) in [6.45, 7) is 0.455. The number of carbonyl (C=O) groups excluding carboxylic acids is 1. The van der Waals surface area contributed by atoms with E-state index in [1.807, 2.05) is 6.07 Å². The Balaban J connectivity index is 1.80. The monoisotopic (exact) mass is 273 g/mol. The number of phenols is 1. The number of nitrogens with one attached hydrogen (secondary N) is 1. The molecule has 0 aliphatic carbocycles. The highest BCUT2D eigenvalue weighted by molar-refractivity contribution is 5.78. The van der Waals surface area contributed by atoms with E-state index in [4.69, 9.17) is 0 Å². The molecule has 0 saturated carbocycles. The number of rotatable bonds is 5. The molecule has 2 aromatic carbocycles. The Bertz CT molecular complexity index is 599. The van der Waals surface area contributed by atoms with Crippen LogP contribution in [-0.2, 0) is 17.6 Å². The molecule has 0 fully saturated rings. The van der Waals surface area contributed by atoms with Crippen LogP contribution in [0.4, 0.5) is 4.39 Å². The summed E-state index contributed by atoms with van der Waals surface area (Å²) in [6.07, 6.45) is 0.657. The first-order valence-electron chi connectivity index (χ1n) is 6.43. The molecular formula is C16H16FNO2. The zero-order valence-corrected chi connectivity index (χ0v) is 11.0. The van der Waals surface area contributed by atoms with Crippen molar-refractivity contribution in [1.82, 2.24) is 5.32 Å². The Hall–Kier alpha value is -2.36. The quantitative estimate of drug-likeness (QED) is 0.879. The van der Waals surface area contributed by atoms with Gasteiger partial charge >= 0.3 is 0 Å². The molecule has 0 radical (unpaired) electrons. The van der Waals surface area contributed by atoms with Gasteiger partial charge in [-0.2, -0.15) is 0 Å². The van der Waals surface area contributed by atoms with E-state index in [-0.39, 0.29) is 23.9 Å². The molecular weight excluding hydrogens is 257 g/mol. The van der Waals surface area contributed by atoms with Crippen LogP contribution in [0, 0.1) is 5.82 Å². The molecule has 0 bridgehead atoms. The van der Waals surface area contributed by atoms with Gasteiger partial charge in [-0.1, -0.05) is 30.3 Å². The highest BCUT2D eigenvalue weighted by atomic mass is 19.1. The minimum absolute atomic E-state index is 0.0344. The van der Waals surface area contributed by atoms with Crippen molar-refractivity contribution in [3.05, 3.63) is 65.5 Å². The third kappa shape index (κ3) is 4.09. The molecule has 2 aromatic rings. The molecule has 0 unspecified atom stereocenters. The van der Waals surface area contributed by atoms with Crippen LogP contribution in [0.25, 0.3) is 0 Å². The first kappa shape index (κ1) is 14.1. The molecule has 3 nitrogen and oxygen atoms in total. The van der Waals surface area contributed by atoms with Gasteiger partial charge in [-0.3, -0.25) is 4.79 Å². The van der Waals surface area contributed by atoms with Crippen LogP contribution in [0.1, 0.15) is 11.1 Å². The Labute approximate surface area is 117 Å². The molecule has 0 spiro atoms. The zero-order valence-electron chi connectivity index (χ0n) is 11.0. The molecule has 0 aromatic heterocycles. The van der Waals surface area contributed by atoms with Gasteiger partial charge in [0.05, 0.1) is 6.42 Å². The fraction of sp³-hybridized carbons (Fsp3) is 0.188. The summed E-state index contributed by atoms with van der Waals surface area (Å²) >= 11 is 0. The van der Waals surface area contributed by atoms with Crippen LogP contribution in [0.5, 0.6) is 5.75 Å². The van der Waals surface area contributed by atoms with Crippen LogP contribution in [0.2, 0.25) is 0 Å². The molecule has 104 valence electrons. The summed E-state index contributed by atoms with van der Waals surface area (Å²) in [7, 11) is 0. The Kier molecular flexibility index (Phi) is 4.71. The number of aromatic hydroxyl groups is 1. The average Bonchev–Trinajstić information content (AvgIpc) is 2.41. The van der Waals surface area contributed by atoms with Crippen molar-refractivity contribution < 1.29 is 14.3 Å². The van der Waals surface area contributed by atoms with Crippen LogP contribution in [0.15, 0.2) is 48.5 Å². The molecule has 20 heavy (non-hydrogen) atoms. The number of hydrogen-bond donors (Lipinski definition) is 2. The first-order chi connectivity index (χ1) is 9.65. The average molecular weight is 273 g/mol. The predicted molar refractivity (Wildman–Crippen MR) is 74.9 cm³/mol. The number of phenolic OH excluding ortho intramolecular Hbond substituents is 1. The van der Waals surface area contributed by atoms with Gasteiger partial charge in [-0.05, 0) is 35.7 Å². The van der Waals surface area contributed by atoms with Crippen molar-refractivity contribution in [2.75, 3.05) is 6.54 Å². The molecule has 0 atom stereocenters. The standard InChI is InChI=1S/C16H16FNO2/c17-15-7-2-1-5-13(15)11-16(20)18-9-8-12-4-3-6-14(19)10-12/h1-7,10,19H,8-9,11H2,(H,18,20). The lowest BCUT2D eigenvalue weighted by Gasteiger charge is -2.06. The normalized spacial score (nSPS) is 10.2. The van der Waals surface area contributed by atoms with E-state index >= 15 is 0 Å². The fourth-order valence-corrected chi connectivity index (χ4v) is 1.94.